The number of hydrogen-bond donors (Lipinski definition) is 3. The molecule has 4 N–H and O–H groups in total. The molecule has 2 aliphatic rings. The Morgan fingerprint density at radius 2 is 2.03 bits per heavy atom. The lowest BCUT2D eigenvalue weighted by Crippen LogP contribution is -2.46. The number of carbonyl (C=O) groups excluding carboxylic acids is 1. The predicted octanol–water partition coefficient (Wildman–Crippen LogP) is 3.93. The van der Waals surface area contributed by atoms with Crippen molar-refractivity contribution in [3.63, 3.8) is 0 Å². The number of piperidine rings is 1. The van der Waals surface area contributed by atoms with Gasteiger partial charge in [-0.15, -0.1) is 0 Å². The van der Waals surface area contributed by atoms with E-state index in [2.05, 4.69) is 15.5 Å². The van der Waals surface area contributed by atoms with Crippen LogP contribution in [0.1, 0.15) is 50.3 Å². The van der Waals surface area contributed by atoms with E-state index in [1.807, 2.05) is 44.2 Å². The maximum Gasteiger partial charge on any atom is 0.317 e. The van der Waals surface area contributed by atoms with Gasteiger partial charge in [0.2, 0.25) is 5.82 Å². The Kier molecular flexibility index (Phi) is 6.34. The van der Waals surface area contributed by atoms with Crippen LogP contribution < -0.4 is 15.8 Å². The first kappa shape index (κ1) is 23.2. The fraction of sp³-hybridized carbons (Fsp3) is 0.423. The Hall–Kier alpha value is -3.59. The van der Waals surface area contributed by atoms with E-state index in [-0.39, 0.29) is 24.3 Å². The number of aliphatic hydroxyl groups excluding tert-OH is 1. The summed E-state index contributed by atoms with van der Waals surface area (Å²) >= 11 is 0. The summed E-state index contributed by atoms with van der Waals surface area (Å²) in [7, 11) is 0. The molecule has 2 aromatic carbocycles. The summed E-state index contributed by atoms with van der Waals surface area (Å²) in [5, 5.41) is 17.1. The normalized spacial score (nSPS) is 18.1. The third kappa shape index (κ3) is 4.81. The molecule has 5 rings (SSSR count). The van der Waals surface area contributed by atoms with Crippen LogP contribution in [0.2, 0.25) is 0 Å². The van der Waals surface area contributed by atoms with Crippen molar-refractivity contribution >= 4 is 11.7 Å². The summed E-state index contributed by atoms with van der Waals surface area (Å²) in [4.78, 5) is 19.2. The van der Waals surface area contributed by atoms with Crippen LogP contribution in [0.15, 0.2) is 40.9 Å². The molecule has 9 heteroatoms. The Morgan fingerprint density at radius 1 is 1.23 bits per heavy atom. The second-order valence-electron chi connectivity index (χ2n) is 9.47. The summed E-state index contributed by atoms with van der Waals surface area (Å²) in [6.07, 6.45) is 2.59. The van der Waals surface area contributed by atoms with Gasteiger partial charge in [-0.3, -0.25) is 0 Å². The summed E-state index contributed by atoms with van der Waals surface area (Å²) in [5.41, 5.74) is 10.5. The van der Waals surface area contributed by atoms with Crippen molar-refractivity contribution in [1.29, 1.82) is 0 Å². The number of urea groups is 1. The van der Waals surface area contributed by atoms with Gasteiger partial charge in [-0.2, -0.15) is 4.98 Å². The van der Waals surface area contributed by atoms with E-state index in [1.165, 1.54) is 0 Å². The predicted molar refractivity (Wildman–Crippen MR) is 132 cm³/mol. The molecule has 0 spiro atoms. The summed E-state index contributed by atoms with van der Waals surface area (Å²) in [6, 6.07) is 11.3. The minimum Gasteiger partial charge on any atom is -0.489 e. The highest BCUT2D eigenvalue weighted by atomic mass is 16.5. The molecular formula is C26H31N5O4. The van der Waals surface area contributed by atoms with Gasteiger partial charge < -0.3 is 30.3 Å². The number of nitrogens with two attached hydrogens (primary N) is 1. The number of hydrogen-bond acceptors (Lipinski definition) is 7. The average Bonchev–Trinajstić information content (AvgIpc) is 3.48. The number of aromatic nitrogens is 2. The second-order valence-corrected chi connectivity index (χ2v) is 9.47. The Morgan fingerprint density at radius 3 is 2.77 bits per heavy atom. The maximum atomic E-state index is 12.8. The first-order valence-corrected chi connectivity index (χ1v) is 12.1. The standard InChI is InChI=1S/C26H31N5O4/c1-15(2)34-23-9-6-16(14-21(23)27)25-29-24(30-35-25)20-5-3-4-19-18(20)7-8-22(19)28-26(33)31-12-10-17(32)11-13-31/h3-6,9,14-15,17,22,32H,7-8,10-13,27H2,1-2H3,(H,28,33)/t22-/m0/s1. The van der Waals surface area contributed by atoms with Crippen LogP contribution in [0.4, 0.5) is 10.5 Å². The molecule has 9 nitrogen and oxygen atoms in total. The molecule has 0 saturated carbocycles. The van der Waals surface area contributed by atoms with Crippen LogP contribution in [0.3, 0.4) is 0 Å². The molecule has 1 aliphatic heterocycles. The zero-order valence-corrected chi connectivity index (χ0v) is 20.0. The molecule has 0 bridgehead atoms. The monoisotopic (exact) mass is 477 g/mol. The van der Waals surface area contributed by atoms with Crippen LogP contribution >= 0.6 is 0 Å². The highest BCUT2D eigenvalue weighted by molar-refractivity contribution is 5.76. The molecule has 35 heavy (non-hydrogen) atoms. The Balaban J connectivity index is 1.33. The molecular weight excluding hydrogens is 446 g/mol. The molecule has 0 radical (unpaired) electrons. The van der Waals surface area contributed by atoms with E-state index >= 15 is 0 Å². The smallest absolute Gasteiger partial charge is 0.317 e. The molecule has 0 unspecified atom stereocenters. The summed E-state index contributed by atoms with van der Waals surface area (Å²) in [5.74, 6) is 1.52. The second kappa shape index (κ2) is 9.58. The molecule has 1 saturated heterocycles. The van der Waals surface area contributed by atoms with E-state index in [0.29, 0.717) is 49.1 Å². The molecule has 2 heterocycles. The highest BCUT2D eigenvalue weighted by Crippen LogP contribution is 2.38. The van der Waals surface area contributed by atoms with Crippen LogP contribution in [-0.4, -0.2) is 51.5 Å². The van der Waals surface area contributed by atoms with Gasteiger partial charge in [0.25, 0.3) is 5.89 Å². The largest absolute Gasteiger partial charge is 0.489 e. The number of amides is 2. The lowest BCUT2D eigenvalue weighted by molar-refractivity contribution is 0.0928. The van der Waals surface area contributed by atoms with Crippen molar-refractivity contribution in [2.45, 2.75) is 57.8 Å². The molecule has 2 amide bonds. The van der Waals surface area contributed by atoms with Crippen molar-refractivity contribution in [2.75, 3.05) is 18.8 Å². The van der Waals surface area contributed by atoms with Gasteiger partial charge >= 0.3 is 6.03 Å². The molecule has 1 atom stereocenters. The minimum absolute atomic E-state index is 0.0275. The SMILES string of the molecule is CC(C)Oc1ccc(-c2nc(-c3cccc4c3CC[C@@H]4NC(=O)N3CCC(O)CC3)no2)cc1N. The number of ether oxygens (including phenoxy) is 1. The lowest BCUT2D eigenvalue weighted by Gasteiger charge is -2.30. The van der Waals surface area contributed by atoms with Crippen molar-refractivity contribution in [3.8, 4) is 28.6 Å². The first-order chi connectivity index (χ1) is 16.9. The summed E-state index contributed by atoms with van der Waals surface area (Å²) in [6.45, 7) is 5.05. The molecule has 1 aliphatic carbocycles. The van der Waals surface area contributed by atoms with E-state index in [0.717, 1.165) is 35.1 Å². The minimum atomic E-state index is -0.309. The number of benzene rings is 2. The van der Waals surface area contributed by atoms with Crippen LogP contribution in [0.25, 0.3) is 22.8 Å². The molecule has 1 aromatic heterocycles. The van der Waals surface area contributed by atoms with E-state index in [4.69, 9.17) is 15.0 Å². The number of fused-ring (bicyclic) bond motifs is 1. The van der Waals surface area contributed by atoms with Gasteiger partial charge in [0.1, 0.15) is 5.75 Å². The summed E-state index contributed by atoms with van der Waals surface area (Å²) < 4.78 is 11.3. The van der Waals surface area contributed by atoms with E-state index in [1.54, 1.807) is 11.0 Å². The fourth-order valence-electron chi connectivity index (χ4n) is 4.82. The molecule has 3 aromatic rings. The van der Waals surface area contributed by atoms with Gasteiger partial charge in [-0.25, -0.2) is 4.79 Å². The number of nitrogens with zero attached hydrogens (tertiary/aromatic N) is 3. The third-order valence-electron chi connectivity index (χ3n) is 6.61. The zero-order valence-electron chi connectivity index (χ0n) is 20.0. The highest BCUT2D eigenvalue weighted by Gasteiger charge is 2.30. The number of anilines is 1. The number of likely N-dealkylation sites (tertiary alicyclic amines) is 1. The topological polar surface area (TPSA) is 127 Å². The number of aliphatic hydroxyl groups is 1. The van der Waals surface area contributed by atoms with Gasteiger partial charge in [0, 0.05) is 24.2 Å². The molecule has 1 fully saturated rings. The van der Waals surface area contributed by atoms with Crippen molar-refractivity contribution < 1.29 is 19.2 Å². The van der Waals surface area contributed by atoms with Crippen molar-refractivity contribution in [2.24, 2.45) is 0 Å². The fourth-order valence-corrected chi connectivity index (χ4v) is 4.82. The number of nitrogens with one attached hydrogen (secondary N) is 1. The quantitative estimate of drug-likeness (QED) is 0.475. The average molecular weight is 478 g/mol. The Labute approximate surface area is 204 Å². The van der Waals surface area contributed by atoms with Crippen molar-refractivity contribution in [3.05, 3.63) is 47.5 Å². The number of carbonyl (C=O) groups is 1. The zero-order chi connectivity index (χ0) is 24.5. The van der Waals surface area contributed by atoms with E-state index < -0.39 is 0 Å². The number of rotatable bonds is 5. The third-order valence-corrected chi connectivity index (χ3v) is 6.61. The van der Waals surface area contributed by atoms with Gasteiger partial charge in [-0.1, -0.05) is 23.4 Å². The van der Waals surface area contributed by atoms with Gasteiger partial charge in [0.05, 0.1) is 23.9 Å². The van der Waals surface area contributed by atoms with Crippen LogP contribution in [0.5, 0.6) is 5.75 Å². The number of nitrogen functional groups attached to an aromatic ring is 1. The maximum absolute atomic E-state index is 12.8. The first-order valence-electron chi connectivity index (χ1n) is 12.1. The van der Waals surface area contributed by atoms with Crippen LogP contribution in [-0.2, 0) is 6.42 Å². The lowest BCUT2D eigenvalue weighted by atomic mass is 10.0. The van der Waals surface area contributed by atoms with Crippen LogP contribution in [0, 0.1) is 0 Å². The van der Waals surface area contributed by atoms with Gasteiger partial charge in [0.15, 0.2) is 0 Å². The van der Waals surface area contributed by atoms with Gasteiger partial charge in [-0.05, 0) is 68.9 Å². The molecule has 184 valence electrons. The Bertz CT molecular complexity index is 1220. The van der Waals surface area contributed by atoms with Crippen molar-refractivity contribution in [1.82, 2.24) is 20.4 Å². The van der Waals surface area contributed by atoms with E-state index in [9.17, 15) is 9.90 Å².